The zero-order valence-corrected chi connectivity index (χ0v) is 14.4. The summed E-state index contributed by atoms with van der Waals surface area (Å²) in [4.78, 5) is 16.1. The molecule has 0 aliphatic heterocycles. The number of benzene rings is 1. The number of halogens is 2. The molecule has 0 unspecified atom stereocenters. The third kappa shape index (κ3) is 5.26. The van der Waals surface area contributed by atoms with Crippen LogP contribution in [-0.2, 0) is 23.2 Å². The van der Waals surface area contributed by atoms with E-state index in [1.165, 1.54) is 33.3 Å². The second-order valence-corrected chi connectivity index (χ2v) is 7.04. The molecule has 22 heavy (non-hydrogen) atoms. The highest BCUT2D eigenvalue weighted by Crippen LogP contribution is 2.47. The number of carbonyl (C=O) groups excluding carboxylic acids is 1. The molecular formula is C12H14Cl2NO6P. The zero-order valence-electron chi connectivity index (χ0n) is 12.0. The van der Waals surface area contributed by atoms with E-state index in [2.05, 4.69) is 19.0 Å². The van der Waals surface area contributed by atoms with Crippen molar-refractivity contribution in [3.05, 3.63) is 28.2 Å². The monoisotopic (exact) mass is 369 g/mol. The molecule has 0 atom stereocenters. The zero-order chi connectivity index (χ0) is 16.8. The van der Waals surface area contributed by atoms with Gasteiger partial charge >= 0.3 is 13.6 Å². The van der Waals surface area contributed by atoms with Gasteiger partial charge in [-0.05, 0) is 25.1 Å². The molecule has 1 rings (SSSR count). The molecule has 0 N–H and O–H groups in total. The van der Waals surface area contributed by atoms with Crippen LogP contribution in [0, 0.1) is 0 Å². The molecule has 0 aromatic heterocycles. The molecule has 0 aliphatic carbocycles. The van der Waals surface area contributed by atoms with E-state index in [1.807, 2.05) is 0 Å². The van der Waals surface area contributed by atoms with Crippen LogP contribution >= 0.6 is 30.8 Å². The van der Waals surface area contributed by atoms with Gasteiger partial charge in [0.05, 0.1) is 5.02 Å². The lowest BCUT2D eigenvalue weighted by Crippen LogP contribution is -2.13. The van der Waals surface area contributed by atoms with Crippen molar-refractivity contribution in [3.8, 4) is 5.75 Å². The number of hydrogen-bond acceptors (Lipinski definition) is 7. The second kappa shape index (κ2) is 8.50. The number of rotatable bonds is 7. The van der Waals surface area contributed by atoms with E-state index >= 15 is 0 Å². The molecule has 7 nitrogen and oxygen atoms in total. The fourth-order valence-electron chi connectivity index (χ4n) is 1.26. The molecule has 0 heterocycles. The number of oxime groups is 1. The Morgan fingerprint density at radius 2 is 1.91 bits per heavy atom. The van der Waals surface area contributed by atoms with Gasteiger partial charge in [-0.1, -0.05) is 28.4 Å². The van der Waals surface area contributed by atoms with Gasteiger partial charge in [-0.2, -0.15) is 0 Å². The van der Waals surface area contributed by atoms with E-state index in [4.69, 9.17) is 27.9 Å². The van der Waals surface area contributed by atoms with Gasteiger partial charge in [0.2, 0.25) is 0 Å². The van der Waals surface area contributed by atoms with Gasteiger partial charge in [0.25, 0.3) is 0 Å². The van der Waals surface area contributed by atoms with Crippen molar-refractivity contribution in [2.75, 3.05) is 20.8 Å². The molecule has 0 spiro atoms. The number of nitrogens with zero attached hydrogens (tertiary/aromatic N) is 1. The lowest BCUT2D eigenvalue weighted by molar-refractivity contribution is -0.145. The van der Waals surface area contributed by atoms with Crippen LogP contribution in [-0.4, -0.2) is 32.2 Å². The first-order chi connectivity index (χ1) is 10.3. The SMILES string of the molecule is COP(=O)(OC)C(C)=NOC(=O)COc1ccc(Cl)cc1Cl. The summed E-state index contributed by atoms with van der Waals surface area (Å²) >= 11 is 11.6. The van der Waals surface area contributed by atoms with Gasteiger partial charge in [0, 0.05) is 19.2 Å². The van der Waals surface area contributed by atoms with Gasteiger partial charge in [-0.25, -0.2) is 4.79 Å². The molecule has 0 radical (unpaired) electrons. The lowest BCUT2D eigenvalue weighted by Gasteiger charge is -2.12. The summed E-state index contributed by atoms with van der Waals surface area (Å²) in [5.41, 5.74) is -0.102. The average molecular weight is 370 g/mol. The Hall–Kier alpha value is -1.11. The van der Waals surface area contributed by atoms with E-state index in [0.29, 0.717) is 5.02 Å². The van der Waals surface area contributed by atoms with Gasteiger partial charge in [0.1, 0.15) is 5.75 Å². The van der Waals surface area contributed by atoms with Crippen molar-refractivity contribution in [1.29, 1.82) is 0 Å². The minimum absolute atomic E-state index is 0.102. The summed E-state index contributed by atoms with van der Waals surface area (Å²) in [7, 11) is -1.14. The maximum absolute atomic E-state index is 11.9. The van der Waals surface area contributed by atoms with Crippen LogP contribution in [0.2, 0.25) is 10.0 Å². The van der Waals surface area contributed by atoms with Crippen LogP contribution in [0.1, 0.15) is 6.92 Å². The predicted octanol–water partition coefficient (Wildman–Crippen LogP) is 3.73. The van der Waals surface area contributed by atoms with Crippen molar-refractivity contribution in [1.82, 2.24) is 0 Å². The fraction of sp³-hybridized carbons (Fsp3) is 0.333. The molecular weight excluding hydrogens is 356 g/mol. The summed E-state index contributed by atoms with van der Waals surface area (Å²) in [5, 5.41) is 4.10. The Bertz CT molecular complexity index is 614. The predicted molar refractivity (Wildman–Crippen MR) is 82.8 cm³/mol. The van der Waals surface area contributed by atoms with E-state index < -0.39 is 20.2 Å². The largest absolute Gasteiger partial charge is 0.480 e. The molecule has 1 aromatic rings. The van der Waals surface area contributed by atoms with Crippen LogP contribution in [0.25, 0.3) is 0 Å². The van der Waals surface area contributed by atoms with E-state index in [1.54, 1.807) is 6.07 Å². The van der Waals surface area contributed by atoms with Gasteiger partial charge < -0.3 is 18.6 Å². The maximum atomic E-state index is 11.9. The van der Waals surface area contributed by atoms with E-state index in [-0.39, 0.29) is 16.2 Å². The highest BCUT2D eigenvalue weighted by atomic mass is 35.5. The molecule has 0 aliphatic rings. The van der Waals surface area contributed by atoms with Crippen molar-refractivity contribution in [2.24, 2.45) is 5.16 Å². The first-order valence-electron chi connectivity index (χ1n) is 5.86. The maximum Gasteiger partial charge on any atom is 0.377 e. The highest BCUT2D eigenvalue weighted by molar-refractivity contribution is 7.72. The van der Waals surface area contributed by atoms with Crippen molar-refractivity contribution in [2.45, 2.75) is 6.92 Å². The Kier molecular flexibility index (Phi) is 7.32. The van der Waals surface area contributed by atoms with E-state index in [0.717, 1.165) is 0 Å². The van der Waals surface area contributed by atoms with Crippen LogP contribution in [0.3, 0.4) is 0 Å². The number of hydrogen-bond donors (Lipinski definition) is 0. The molecule has 0 fully saturated rings. The smallest absolute Gasteiger partial charge is 0.377 e. The second-order valence-electron chi connectivity index (χ2n) is 3.83. The van der Waals surface area contributed by atoms with Crippen molar-refractivity contribution in [3.63, 3.8) is 0 Å². The van der Waals surface area contributed by atoms with Crippen LogP contribution in [0.4, 0.5) is 0 Å². The molecule has 0 amide bonds. The van der Waals surface area contributed by atoms with Crippen LogP contribution in [0.5, 0.6) is 5.75 Å². The summed E-state index contributed by atoms with van der Waals surface area (Å²) in [6.45, 7) is 0.903. The average Bonchev–Trinajstić information content (AvgIpc) is 2.50. The van der Waals surface area contributed by atoms with Crippen molar-refractivity contribution < 1.29 is 28.0 Å². The molecule has 122 valence electrons. The summed E-state index contributed by atoms with van der Waals surface area (Å²) in [5.74, 6) is -0.549. The summed E-state index contributed by atoms with van der Waals surface area (Å²) in [6, 6.07) is 4.54. The minimum Gasteiger partial charge on any atom is -0.480 e. The molecule has 0 saturated heterocycles. The number of carbonyl (C=O) groups is 1. The third-order valence-electron chi connectivity index (χ3n) is 2.40. The van der Waals surface area contributed by atoms with Gasteiger partial charge in [-0.15, -0.1) is 0 Å². The molecule has 0 saturated carbocycles. The van der Waals surface area contributed by atoms with E-state index in [9.17, 15) is 9.36 Å². The first kappa shape index (κ1) is 18.9. The first-order valence-corrected chi connectivity index (χ1v) is 8.16. The minimum atomic E-state index is -3.52. The number of ether oxygens (including phenoxy) is 1. The topological polar surface area (TPSA) is 83.4 Å². The van der Waals surface area contributed by atoms with Crippen LogP contribution in [0.15, 0.2) is 23.4 Å². The highest BCUT2D eigenvalue weighted by Gasteiger charge is 2.26. The Morgan fingerprint density at radius 1 is 1.27 bits per heavy atom. The lowest BCUT2D eigenvalue weighted by atomic mass is 10.3. The quantitative estimate of drug-likeness (QED) is 0.315. The van der Waals surface area contributed by atoms with Gasteiger partial charge in [0.15, 0.2) is 12.1 Å². The van der Waals surface area contributed by atoms with Crippen molar-refractivity contribution >= 4 is 42.2 Å². The third-order valence-corrected chi connectivity index (χ3v) is 4.76. The standard InChI is InChI=1S/C12H14Cl2NO6P/c1-8(22(17,18-2)19-3)15-21-12(16)7-20-11-5-4-9(13)6-10(11)14/h4-6H,7H2,1-3H3. The summed E-state index contributed by atoms with van der Waals surface area (Å²) < 4.78 is 26.4. The van der Waals surface area contributed by atoms with Gasteiger partial charge in [-0.3, -0.25) is 4.57 Å². The molecule has 0 bridgehead atoms. The summed E-state index contributed by atoms with van der Waals surface area (Å²) in [6.07, 6.45) is 0. The normalized spacial score (nSPS) is 12.1. The molecule has 10 heteroatoms. The Morgan fingerprint density at radius 3 is 2.45 bits per heavy atom. The Labute approximate surface area is 137 Å². The van der Waals surface area contributed by atoms with Crippen LogP contribution < -0.4 is 4.74 Å². The Balaban J connectivity index is 2.58. The molecule has 1 aromatic carbocycles. The fourth-order valence-corrected chi connectivity index (χ4v) is 2.54.